The molecule has 0 radical (unpaired) electrons. The molecule has 0 atom stereocenters. The zero-order chi connectivity index (χ0) is 12.9. The van der Waals surface area contributed by atoms with E-state index >= 15 is 0 Å². The molecule has 1 saturated heterocycles. The van der Waals surface area contributed by atoms with Crippen LogP contribution in [-0.2, 0) is 4.79 Å². The topological polar surface area (TPSA) is 43.8 Å². The zero-order valence-electron chi connectivity index (χ0n) is 11.4. The number of rotatable bonds is 7. The molecule has 17 heavy (non-hydrogen) atoms. The lowest BCUT2D eigenvalue weighted by Crippen LogP contribution is -2.63. The normalized spacial score (nSPS) is 18.8. The maximum absolute atomic E-state index is 12.0. The fourth-order valence-electron chi connectivity index (χ4n) is 2.31. The summed E-state index contributed by atoms with van der Waals surface area (Å²) in [5, 5.41) is 9.88. The largest absolute Gasteiger partial charge is 0.387 e. The Morgan fingerprint density at radius 3 is 2.18 bits per heavy atom. The number of β-amino-alcohol motifs (C(OH)–C–C–N with tert-alkyl or cyclic N) is 1. The standard InChI is InChI=1S/C13H26N2O2/c1-4-7-15(8-5-2)12(16)9-14-10-13(17,6-3)11-14/h17H,4-11H2,1-3H3. The van der Waals surface area contributed by atoms with Gasteiger partial charge in [0.25, 0.3) is 0 Å². The quantitative estimate of drug-likeness (QED) is 0.727. The minimum atomic E-state index is -0.541. The summed E-state index contributed by atoms with van der Waals surface area (Å²) in [5.41, 5.74) is -0.541. The zero-order valence-corrected chi connectivity index (χ0v) is 11.4. The first-order valence-electron chi connectivity index (χ1n) is 6.77. The van der Waals surface area contributed by atoms with Crippen molar-refractivity contribution >= 4 is 5.91 Å². The number of likely N-dealkylation sites (tertiary alicyclic amines) is 1. The number of nitrogens with zero attached hydrogens (tertiary/aromatic N) is 2. The Labute approximate surface area is 105 Å². The summed E-state index contributed by atoms with van der Waals surface area (Å²) in [6.45, 7) is 9.60. The lowest BCUT2D eigenvalue weighted by atomic mass is 9.91. The van der Waals surface area contributed by atoms with Gasteiger partial charge in [0.15, 0.2) is 0 Å². The predicted octanol–water partition coefficient (Wildman–Crippen LogP) is 1.09. The highest BCUT2D eigenvalue weighted by molar-refractivity contribution is 5.78. The van der Waals surface area contributed by atoms with Crippen LogP contribution in [0.5, 0.6) is 0 Å². The van der Waals surface area contributed by atoms with E-state index in [1.54, 1.807) is 0 Å². The third-order valence-electron chi connectivity index (χ3n) is 3.39. The first-order chi connectivity index (χ1) is 8.04. The molecule has 1 heterocycles. The van der Waals surface area contributed by atoms with Gasteiger partial charge in [-0.1, -0.05) is 20.8 Å². The number of aliphatic hydroxyl groups is 1. The minimum Gasteiger partial charge on any atom is -0.387 e. The predicted molar refractivity (Wildman–Crippen MR) is 68.8 cm³/mol. The van der Waals surface area contributed by atoms with Crippen molar-refractivity contribution in [2.75, 3.05) is 32.7 Å². The summed E-state index contributed by atoms with van der Waals surface area (Å²) in [6, 6.07) is 0. The molecule has 0 aromatic carbocycles. The SMILES string of the molecule is CCCN(CCC)C(=O)CN1CC(O)(CC)C1. The lowest BCUT2D eigenvalue weighted by Gasteiger charge is -2.46. The summed E-state index contributed by atoms with van der Waals surface area (Å²) in [5.74, 6) is 0.201. The lowest BCUT2D eigenvalue weighted by molar-refractivity contribution is -0.142. The van der Waals surface area contributed by atoms with Gasteiger partial charge in [-0.25, -0.2) is 0 Å². The van der Waals surface area contributed by atoms with Crippen LogP contribution in [0, 0.1) is 0 Å². The number of hydrogen-bond acceptors (Lipinski definition) is 3. The second kappa shape index (κ2) is 6.36. The summed E-state index contributed by atoms with van der Waals surface area (Å²) in [4.78, 5) is 16.0. The third-order valence-corrected chi connectivity index (χ3v) is 3.39. The first-order valence-corrected chi connectivity index (χ1v) is 6.77. The molecule has 0 saturated carbocycles. The molecule has 1 fully saturated rings. The van der Waals surface area contributed by atoms with Crippen LogP contribution >= 0.6 is 0 Å². The smallest absolute Gasteiger partial charge is 0.236 e. The van der Waals surface area contributed by atoms with Gasteiger partial charge in [0, 0.05) is 26.2 Å². The monoisotopic (exact) mass is 242 g/mol. The Bertz CT molecular complexity index is 244. The molecule has 0 unspecified atom stereocenters. The van der Waals surface area contributed by atoms with Crippen molar-refractivity contribution in [3.8, 4) is 0 Å². The fraction of sp³-hybridized carbons (Fsp3) is 0.923. The Morgan fingerprint density at radius 2 is 1.76 bits per heavy atom. The maximum Gasteiger partial charge on any atom is 0.236 e. The van der Waals surface area contributed by atoms with Crippen molar-refractivity contribution in [3.05, 3.63) is 0 Å². The van der Waals surface area contributed by atoms with Gasteiger partial charge in [-0.05, 0) is 19.3 Å². The van der Waals surface area contributed by atoms with E-state index < -0.39 is 5.60 Å². The summed E-state index contributed by atoms with van der Waals surface area (Å²) < 4.78 is 0. The molecule has 0 aromatic heterocycles. The van der Waals surface area contributed by atoms with Gasteiger partial charge in [0.2, 0.25) is 5.91 Å². The summed E-state index contributed by atoms with van der Waals surface area (Å²) in [6.07, 6.45) is 2.78. The van der Waals surface area contributed by atoms with Crippen LogP contribution in [0.2, 0.25) is 0 Å². The number of hydrogen-bond donors (Lipinski definition) is 1. The van der Waals surface area contributed by atoms with E-state index in [1.807, 2.05) is 16.7 Å². The number of amides is 1. The molecule has 1 N–H and O–H groups in total. The van der Waals surface area contributed by atoms with Gasteiger partial charge in [-0.2, -0.15) is 0 Å². The molecule has 100 valence electrons. The molecule has 0 spiro atoms. The molecule has 1 amide bonds. The van der Waals surface area contributed by atoms with Crippen LogP contribution in [0.1, 0.15) is 40.0 Å². The van der Waals surface area contributed by atoms with Crippen LogP contribution in [-0.4, -0.2) is 59.1 Å². The number of carbonyl (C=O) groups excluding carboxylic acids is 1. The van der Waals surface area contributed by atoms with Crippen LogP contribution in [0.25, 0.3) is 0 Å². The van der Waals surface area contributed by atoms with Gasteiger partial charge in [-0.15, -0.1) is 0 Å². The highest BCUT2D eigenvalue weighted by Crippen LogP contribution is 2.23. The Kier molecular flexibility index (Phi) is 5.40. The fourth-order valence-corrected chi connectivity index (χ4v) is 2.31. The number of carbonyl (C=O) groups is 1. The van der Waals surface area contributed by atoms with Crippen LogP contribution < -0.4 is 0 Å². The van der Waals surface area contributed by atoms with Crippen molar-refractivity contribution in [1.82, 2.24) is 9.80 Å². The van der Waals surface area contributed by atoms with Gasteiger partial charge in [-0.3, -0.25) is 9.69 Å². The van der Waals surface area contributed by atoms with E-state index in [2.05, 4.69) is 13.8 Å². The molecular weight excluding hydrogens is 216 g/mol. The first kappa shape index (κ1) is 14.5. The van der Waals surface area contributed by atoms with E-state index in [0.29, 0.717) is 19.6 Å². The van der Waals surface area contributed by atoms with Crippen molar-refractivity contribution in [2.24, 2.45) is 0 Å². The average molecular weight is 242 g/mol. The molecule has 0 aliphatic carbocycles. The van der Waals surface area contributed by atoms with E-state index in [4.69, 9.17) is 0 Å². The van der Waals surface area contributed by atoms with Crippen molar-refractivity contribution < 1.29 is 9.90 Å². The van der Waals surface area contributed by atoms with E-state index in [9.17, 15) is 9.90 Å². The molecule has 0 aromatic rings. The molecule has 0 bridgehead atoms. The van der Waals surface area contributed by atoms with E-state index in [1.165, 1.54) is 0 Å². The van der Waals surface area contributed by atoms with Gasteiger partial charge < -0.3 is 10.0 Å². The van der Waals surface area contributed by atoms with Crippen LogP contribution in [0.3, 0.4) is 0 Å². The maximum atomic E-state index is 12.0. The second-order valence-electron chi connectivity index (χ2n) is 5.10. The highest BCUT2D eigenvalue weighted by atomic mass is 16.3. The molecule has 4 heteroatoms. The van der Waals surface area contributed by atoms with Gasteiger partial charge >= 0.3 is 0 Å². The molecule has 1 aliphatic heterocycles. The third kappa shape index (κ3) is 3.96. The van der Waals surface area contributed by atoms with Crippen molar-refractivity contribution in [1.29, 1.82) is 0 Å². The Morgan fingerprint density at radius 1 is 1.24 bits per heavy atom. The van der Waals surface area contributed by atoms with Gasteiger partial charge in [0.05, 0.1) is 12.1 Å². The summed E-state index contributed by atoms with van der Waals surface area (Å²) in [7, 11) is 0. The molecule has 1 aliphatic rings. The minimum absolute atomic E-state index is 0.201. The second-order valence-corrected chi connectivity index (χ2v) is 5.10. The van der Waals surface area contributed by atoms with Crippen LogP contribution in [0.15, 0.2) is 0 Å². The Hall–Kier alpha value is -0.610. The van der Waals surface area contributed by atoms with E-state index in [-0.39, 0.29) is 5.91 Å². The van der Waals surface area contributed by atoms with Crippen LogP contribution in [0.4, 0.5) is 0 Å². The van der Waals surface area contributed by atoms with Crippen molar-refractivity contribution in [2.45, 2.75) is 45.6 Å². The molecule has 1 rings (SSSR count). The highest BCUT2D eigenvalue weighted by Gasteiger charge is 2.40. The Balaban J connectivity index is 2.33. The van der Waals surface area contributed by atoms with E-state index in [0.717, 1.165) is 32.4 Å². The molecular formula is C13H26N2O2. The van der Waals surface area contributed by atoms with Crippen molar-refractivity contribution in [3.63, 3.8) is 0 Å². The summed E-state index contributed by atoms with van der Waals surface area (Å²) >= 11 is 0. The van der Waals surface area contributed by atoms with Gasteiger partial charge in [0.1, 0.15) is 0 Å². The molecule has 4 nitrogen and oxygen atoms in total. The average Bonchev–Trinajstić information content (AvgIpc) is 2.26.